The minimum atomic E-state index is -0.254. The van der Waals surface area contributed by atoms with Gasteiger partial charge in [0.25, 0.3) is 5.91 Å². The molecule has 0 aliphatic heterocycles. The van der Waals surface area contributed by atoms with Crippen LogP contribution in [0.1, 0.15) is 33.6 Å². The number of benzene rings is 2. The third-order valence-electron chi connectivity index (χ3n) is 4.40. The molecule has 0 atom stereocenters. The molecule has 5 heteroatoms. The highest BCUT2D eigenvalue weighted by molar-refractivity contribution is 6.03. The lowest BCUT2D eigenvalue weighted by Gasteiger charge is -2.11. The highest BCUT2D eigenvalue weighted by Gasteiger charge is 2.11. The molecule has 0 bridgehead atoms. The number of aryl methyl sites for hydroxylation is 3. The number of carbonyl (C=O) groups is 1. The van der Waals surface area contributed by atoms with Crippen LogP contribution in [0.4, 0.5) is 11.5 Å². The van der Waals surface area contributed by atoms with E-state index in [1.165, 1.54) is 11.8 Å². The second-order valence-corrected chi connectivity index (χ2v) is 6.52. The van der Waals surface area contributed by atoms with Crippen molar-refractivity contribution in [2.45, 2.75) is 26.7 Å². The summed E-state index contributed by atoms with van der Waals surface area (Å²) in [6, 6.07) is 16.3. The quantitative estimate of drug-likeness (QED) is 0.613. The lowest BCUT2D eigenvalue weighted by Crippen LogP contribution is -2.16. The van der Waals surface area contributed by atoms with Gasteiger partial charge in [-0.3, -0.25) is 4.79 Å². The molecule has 3 rings (SSSR count). The number of anilines is 2. The van der Waals surface area contributed by atoms with Crippen molar-refractivity contribution in [2.24, 2.45) is 0 Å². The molecule has 0 saturated carbocycles. The van der Waals surface area contributed by atoms with Gasteiger partial charge in [-0.1, -0.05) is 48.5 Å². The number of rotatable bonds is 7. The van der Waals surface area contributed by atoms with E-state index in [0.717, 1.165) is 36.2 Å². The van der Waals surface area contributed by atoms with Gasteiger partial charge >= 0.3 is 0 Å². The molecule has 27 heavy (non-hydrogen) atoms. The van der Waals surface area contributed by atoms with Crippen LogP contribution in [0.25, 0.3) is 0 Å². The fraction of sp³-hybridized carbons (Fsp3) is 0.227. The predicted octanol–water partition coefficient (Wildman–Crippen LogP) is 4.39. The molecule has 0 aliphatic rings. The van der Waals surface area contributed by atoms with Crippen molar-refractivity contribution in [3.05, 3.63) is 83.3 Å². The van der Waals surface area contributed by atoms with Crippen LogP contribution in [0.15, 0.2) is 60.9 Å². The molecule has 3 aromatic rings. The van der Waals surface area contributed by atoms with E-state index < -0.39 is 0 Å². The number of aromatic nitrogens is 2. The summed E-state index contributed by atoms with van der Waals surface area (Å²) >= 11 is 0. The minimum Gasteiger partial charge on any atom is -0.369 e. The fourth-order valence-electron chi connectivity index (χ4n) is 2.88. The number of amides is 1. The van der Waals surface area contributed by atoms with Crippen molar-refractivity contribution < 1.29 is 4.79 Å². The Morgan fingerprint density at radius 1 is 0.926 bits per heavy atom. The van der Waals surface area contributed by atoms with Crippen LogP contribution < -0.4 is 10.6 Å². The summed E-state index contributed by atoms with van der Waals surface area (Å²) in [7, 11) is 0. The second kappa shape index (κ2) is 8.94. The Morgan fingerprint density at radius 2 is 1.67 bits per heavy atom. The molecule has 2 aromatic carbocycles. The third kappa shape index (κ3) is 5.14. The van der Waals surface area contributed by atoms with Crippen LogP contribution in [0.5, 0.6) is 0 Å². The first-order chi connectivity index (χ1) is 13.1. The van der Waals surface area contributed by atoms with Crippen LogP contribution in [0.3, 0.4) is 0 Å². The molecule has 0 unspecified atom stereocenters. The second-order valence-electron chi connectivity index (χ2n) is 6.52. The van der Waals surface area contributed by atoms with E-state index in [9.17, 15) is 4.79 Å². The van der Waals surface area contributed by atoms with Gasteiger partial charge in [0, 0.05) is 12.2 Å². The Hall–Kier alpha value is -3.21. The molecule has 0 aliphatic carbocycles. The largest absolute Gasteiger partial charge is 0.369 e. The van der Waals surface area contributed by atoms with Gasteiger partial charge in [0.05, 0.1) is 12.4 Å². The van der Waals surface area contributed by atoms with Crippen LogP contribution in [0, 0.1) is 13.8 Å². The molecule has 0 spiro atoms. The number of hydrogen-bond donors (Lipinski definition) is 2. The van der Waals surface area contributed by atoms with E-state index in [1.807, 2.05) is 38.1 Å². The van der Waals surface area contributed by atoms with Gasteiger partial charge in [-0.25, -0.2) is 9.97 Å². The summed E-state index contributed by atoms with van der Waals surface area (Å²) in [5.74, 6) is 0.419. The summed E-state index contributed by atoms with van der Waals surface area (Å²) in [5.41, 5.74) is 4.49. The molecular weight excluding hydrogens is 336 g/mol. The average Bonchev–Trinajstić information content (AvgIpc) is 2.69. The first-order valence-corrected chi connectivity index (χ1v) is 9.11. The zero-order chi connectivity index (χ0) is 19.1. The summed E-state index contributed by atoms with van der Waals surface area (Å²) in [6.07, 6.45) is 5.11. The zero-order valence-corrected chi connectivity index (χ0v) is 15.7. The third-order valence-corrected chi connectivity index (χ3v) is 4.40. The van der Waals surface area contributed by atoms with Crippen molar-refractivity contribution >= 4 is 17.4 Å². The monoisotopic (exact) mass is 360 g/mol. The Kier molecular flexibility index (Phi) is 6.15. The molecular formula is C22H24N4O. The van der Waals surface area contributed by atoms with Gasteiger partial charge in [-0.05, 0) is 43.4 Å². The van der Waals surface area contributed by atoms with E-state index in [2.05, 4.69) is 44.9 Å². The molecule has 5 nitrogen and oxygen atoms in total. The fourth-order valence-corrected chi connectivity index (χ4v) is 2.88. The van der Waals surface area contributed by atoms with E-state index in [1.54, 1.807) is 6.20 Å². The maximum atomic E-state index is 12.4. The highest BCUT2D eigenvalue weighted by atomic mass is 16.1. The van der Waals surface area contributed by atoms with Gasteiger partial charge in [-0.2, -0.15) is 0 Å². The van der Waals surface area contributed by atoms with Gasteiger partial charge in [-0.15, -0.1) is 0 Å². The standard InChI is InChI=1S/C22H24N4O/c1-16-8-6-9-17(2)21(16)26-22(27)19-14-25-20(15-24-19)23-13-7-12-18-10-4-3-5-11-18/h3-6,8-11,14-15H,7,12-13H2,1-2H3,(H,23,25)(H,26,27). The molecule has 2 N–H and O–H groups in total. The first-order valence-electron chi connectivity index (χ1n) is 9.11. The van der Waals surface area contributed by atoms with E-state index in [0.29, 0.717) is 11.5 Å². The van der Waals surface area contributed by atoms with Crippen LogP contribution >= 0.6 is 0 Å². The van der Waals surface area contributed by atoms with Crippen molar-refractivity contribution in [3.63, 3.8) is 0 Å². The van der Waals surface area contributed by atoms with E-state index >= 15 is 0 Å². The lowest BCUT2D eigenvalue weighted by atomic mass is 10.1. The Labute approximate surface area is 159 Å². The van der Waals surface area contributed by atoms with Crippen LogP contribution in [-0.2, 0) is 6.42 Å². The van der Waals surface area contributed by atoms with E-state index in [-0.39, 0.29) is 5.91 Å². The molecule has 1 heterocycles. The van der Waals surface area contributed by atoms with Gasteiger partial charge in [0.1, 0.15) is 11.5 Å². The van der Waals surface area contributed by atoms with Gasteiger partial charge < -0.3 is 10.6 Å². The number of hydrogen-bond acceptors (Lipinski definition) is 4. The normalized spacial score (nSPS) is 10.4. The van der Waals surface area contributed by atoms with E-state index in [4.69, 9.17) is 0 Å². The number of carbonyl (C=O) groups excluding carboxylic acids is 1. The van der Waals surface area contributed by atoms with Gasteiger partial charge in [0.15, 0.2) is 0 Å². The van der Waals surface area contributed by atoms with Gasteiger partial charge in [0.2, 0.25) is 0 Å². The maximum Gasteiger partial charge on any atom is 0.275 e. The van der Waals surface area contributed by atoms with Crippen molar-refractivity contribution in [1.82, 2.24) is 9.97 Å². The Morgan fingerprint density at radius 3 is 2.33 bits per heavy atom. The highest BCUT2D eigenvalue weighted by Crippen LogP contribution is 2.20. The Bertz CT molecular complexity index is 872. The lowest BCUT2D eigenvalue weighted by molar-refractivity contribution is 0.102. The van der Waals surface area contributed by atoms with Crippen molar-refractivity contribution in [2.75, 3.05) is 17.2 Å². The molecule has 1 aromatic heterocycles. The predicted molar refractivity (Wildman–Crippen MR) is 109 cm³/mol. The van der Waals surface area contributed by atoms with Crippen LogP contribution in [-0.4, -0.2) is 22.4 Å². The first kappa shape index (κ1) is 18.6. The molecule has 0 saturated heterocycles. The molecule has 0 fully saturated rings. The number of nitrogens with one attached hydrogen (secondary N) is 2. The summed E-state index contributed by atoms with van der Waals surface area (Å²) in [6.45, 7) is 4.74. The summed E-state index contributed by atoms with van der Waals surface area (Å²) < 4.78 is 0. The smallest absolute Gasteiger partial charge is 0.275 e. The summed E-state index contributed by atoms with van der Waals surface area (Å²) in [5, 5.41) is 6.17. The Balaban J connectivity index is 1.51. The van der Waals surface area contributed by atoms with Crippen molar-refractivity contribution in [3.8, 4) is 0 Å². The van der Waals surface area contributed by atoms with Crippen molar-refractivity contribution in [1.29, 1.82) is 0 Å². The SMILES string of the molecule is Cc1cccc(C)c1NC(=O)c1cnc(NCCCc2ccccc2)cn1. The minimum absolute atomic E-state index is 0.254. The summed E-state index contributed by atoms with van der Waals surface area (Å²) in [4.78, 5) is 20.9. The zero-order valence-electron chi connectivity index (χ0n) is 15.7. The molecule has 138 valence electrons. The topological polar surface area (TPSA) is 66.9 Å². The molecule has 0 radical (unpaired) electrons. The molecule has 1 amide bonds. The van der Waals surface area contributed by atoms with Crippen LogP contribution in [0.2, 0.25) is 0 Å². The average molecular weight is 360 g/mol. The maximum absolute atomic E-state index is 12.4. The number of nitrogens with zero attached hydrogens (tertiary/aromatic N) is 2. The number of para-hydroxylation sites is 1.